The Labute approximate surface area is 198 Å². The van der Waals surface area contributed by atoms with Crippen molar-refractivity contribution in [1.29, 1.82) is 0 Å². The second-order valence-corrected chi connectivity index (χ2v) is 8.49. The van der Waals surface area contributed by atoms with Crippen molar-refractivity contribution in [2.24, 2.45) is 0 Å². The number of methoxy groups -OCH3 is 2. The fraction of sp³-hybridized carbons (Fsp3) is 0.120. The molecule has 2 aromatic heterocycles. The Kier molecular flexibility index (Phi) is 5.46. The molecule has 0 radical (unpaired) electrons. The van der Waals surface area contributed by atoms with Gasteiger partial charge < -0.3 is 14.6 Å². The summed E-state index contributed by atoms with van der Waals surface area (Å²) in [5, 5.41) is 11.7. The van der Waals surface area contributed by atoms with Gasteiger partial charge in [-0.2, -0.15) is 0 Å². The van der Waals surface area contributed by atoms with Crippen molar-refractivity contribution in [2.45, 2.75) is 6.04 Å². The Hall–Kier alpha value is -4.24. The number of thiazole rings is 1. The van der Waals surface area contributed by atoms with Gasteiger partial charge in [-0.3, -0.25) is 19.5 Å². The summed E-state index contributed by atoms with van der Waals surface area (Å²) in [7, 11) is 2.96. The van der Waals surface area contributed by atoms with Crippen LogP contribution in [-0.2, 0) is 9.59 Å². The van der Waals surface area contributed by atoms with Gasteiger partial charge >= 0.3 is 5.91 Å². The molecule has 0 spiro atoms. The van der Waals surface area contributed by atoms with Gasteiger partial charge in [0.1, 0.15) is 17.3 Å². The number of fused-ring (bicyclic) bond motifs is 1. The summed E-state index contributed by atoms with van der Waals surface area (Å²) in [6.07, 6.45) is 3.16. The van der Waals surface area contributed by atoms with Crippen LogP contribution in [0.2, 0.25) is 0 Å². The molecule has 8 nitrogen and oxygen atoms in total. The lowest BCUT2D eigenvalue weighted by Crippen LogP contribution is -2.29. The molecule has 1 saturated heterocycles. The maximum Gasteiger partial charge on any atom is 0.301 e. The number of hydrogen-bond donors (Lipinski definition) is 1. The van der Waals surface area contributed by atoms with Crippen molar-refractivity contribution in [1.82, 2.24) is 9.97 Å². The van der Waals surface area contributed by atoms with Crippen LogP contribution in [0.3, 0.4) is 0 Å². The second kappa shape index (κ2) is 8.60. The number of Topliss-reactive ketones (excluding diaryl/α,β-unsaturated/α-hetero) is 1. The Bertz CT molecular complexity index is 1410. The molecular weight excluding hydrogens is 454 g/mol. The number of carbonyl (C=O) groups excluding carboxylic acids is 2. The number of rotatable bonds is 5. The van der Waals surface area contributed by atoms with Crippen LogP contribution in [-0.4, -0.2) is 41.0 Å². The van der Waals surface area contributed by atoms with Crippen LogP contribution in [0.15, 0.2) is 72.6 Å². The van der Waals surface area contributed by atoms with E-state index in [1.807, 2.05) is 24.3 Å². The summed E-state index contributed by atoms with van der Waals surface area (Å²) in [6.45, 7) is 0. The molecule has 34 heavy (non-hydrogen) atoms. The number of para-hydroxylation sites is 1. The molecule has 4 aromatic rings. The topological polar surface area (TPSA) is 102 Å². The molecule has 0 saturated carbocycles. The smallest absolute Gasteiger partial charge is 0.301 e. The number of benzene rings is 2. The van der Waals surface area contributed by atoms with Gasteiger partial charge in [-0.1, -0.05) is 29.5 Å². The summed E-state index contributed by atoms with van der Waals surface area (Å²) in [6, 6.07) is 14.8. The van der Waals surface area contributed by atoms with Crippen molar-refractivity contribution in [2.75, 3.05) is 19.1 Å². The van der Waals surface area contributed by atoms with E-state index in [0.717, 1.165) is 4.70 Å². The molecule has 1 atom stereocenters. The van der Waals surface area contributed by atoms with E-state index in [0.29, 0.717) is 27.7 Å². The molecule has 5 rings (SSSR count). The van der Waals surface area contributed by atoms with Gasteiger partial charge in [-0.15, -0.1) is 0 Å². The number of anilines is 1. The molecule has 9 heteroatoms. The van der Waals surface area contributed by atoms with E-state index in [2.05, 4.69) is 9.97 Å². The van der Waals surface area contributed by atoms with E-state index in [4.69, 9.17) is 9.47 Å². The van der Waals surface area contributed by atoms with Crippen LogP contribution in [0, 0.1) is 0 Å². The number of aliphatic hydroxyl groups excluding tert-OH is 1. The molecule has 0 aliphatic carbocycles. The van der Waals surface area contributed by atoms with Crippen LogP contribution in [0.25, 0.3) is 16.0 Å². The van der Waals surface area contributed by atoms with Crippen LogP contribution in [0.1, 0.15) is 17.2 Å². The molecule has 170 valence electrons. The Morgan fingerprint density at radius 2 is 1.88 bits per heavy atom. The molecule has 1 unspecified atom stereocenters. The fourth-order valence-corrected chi connectivity index (χ4v) is 4.98. The van der Waals surface area contributed by atoms with E-state index >= 15 is 0 Å². The molecule has 1 aliphatic heterocycles. The van der Waals surface area contributed by atoms with Crippen LogP contribution < -0.4 is 14.4 Å². The highest BCUT2D eigenvalue weighted by Crippen LogP contribution is 2.45. The number of ether oxygens (including phenoxy) is 2. The Balaban J connectivity index is 1.73. The Morgan fingerprint density at radius 3 is 2.59 bits per heavy atom. The van der Waals surface area contributed by atoms with Gasteiger partial charge in [-0.25, -0.2) is 4.98 Å². The first kappa shape index (κ1) is 21.6. The lowest BCUT2D eigenvalue weighted by atomic mass is 9.96. The zero-order valence-corrected chi connectivity index (χ0v) is 19.1. The van der Waals surface area contributed by atoms with E-state index < -0.39 is 17.7 Å². The summed E-state index contributed by atoms with van der Waals surface area (Å²) in [4.78, 5) is 36.7. The molecule has 0 bridgehead atoms. The maximum absolute atomic E-state index is 13.3. The number of ketones is 1. The van der Waals surface area contributed by atoms with E-state index in [1.54, 1.807) is 42.7 Å². The number of carbonyl (C=O) groups is 2. The minimum atomic E-state index is -0.916. The van der Waals surface area contributed by atoms with Crippen molar-refractivity contribution in [3.8, 4) is 11.5 Å². The number of aliphatic hydroxyl groups is 1. The lowest BCUT2D eigenvalue weighted by molar-refractivity contribution is -0.132. The van der Waals surface area contributed by atoms with Gasteiger partial charge in [-0.05, 0) is 35.9 Å². The van der Waals surface area contributed by atoms with Crippen molar-refractivity contribution < 1.29 is 24.2 Å². The summed E-state index contributed by atoms with van der Waals surface area (Å²) >= 11 is 1.30. The highest BCUT2D eigenvalue weighted by molar-refractivity contribution is 7.22. The molecule has 1 N–H and O–H groups in total. The van der Waals surface area contributed by atoms with Crippen LogP contribution in [0.5, 0.6) is 11.5 Å². The summed E-state index contributed by atoms with van der Waals surface area (Å²) in [5.41, 5.74) is 1.47. The summed E-state index contributed by atoms with van der Waals surface area (Å²) < 4.78 is 11.5. The largest absolute Gasteiger partial charge is 0.507 e. The quantitative estimate of drug-likeness (QED) is 0.261. The zero-order valence-electron chi connectivity index (χ0n) is 18.3. The first-order chi connectivity index (χ1) is 16.5. The number of hydrogen-bond acceptors (Lipinski definition) is 8. The minimum absolute atomic E-state index is 0.0688. The number of pyridine rings is 1. The molecule has 3 heterocycles. The van der Waals surface area contributed by atoms with Crippen LogP contribution in [0.4, 0.5) is 5.13 Å². The first-order valence-electron chi connectivity index (χ1n) is 10.3. The molecule has 1 amide bonds. The highest BCUT2D eigenvalue weighted by Gasteiger charge is 2.48. The standard InChI is InChI=1S/C25H19N3O5S/c1-32-15-9-10-16(18(12-15)33-2)22(29)20-21(14-6-5-11-26-13-14)28(24(31)23(20)30)25-27-17-7-3-4-8-19(17)34-25/h3-13,21,29H,1-2H3/b22-20+. The van der Waals surface area contributed by atoms with Crippen LogP contribution >= 0.6 is 11.3 Å². The molecule has 1 aliphatic rings. The van der Waals surface area contributed by atoms with Gasteiger partial charge in [0, 0.05) is 18.5 Å². The molecular formula is C25H19N3O5S. The average Bonchev–Trinajstić information content (AvgIpc) is 3.42. The number of nitrogens with zero attached hydrogens (tertiary/aromatic N) is 3. The minimum Gasteiger partial charge on any atom is -0.507 e. The van der Waals surface area contributed by atoms with Crippen molar-refractivity contribution >= 4 is 44.1 Å². The highest BCUT2D eigenvalue weighted by atomic mass is 32.1. The molecule has 2 aromatic carbocycles. The SMILES string of the molecule is COc1ccc(/C(O)=C2\C(=O)C(=O)N(c3nc4ccccc4s3)C2c2cccnc2)c(OC)c1. The summed E-state index contributed by atoms with van der Waals surface area (Å²) in [5.74, 6) is -1.12. The number of aromatic nitrogens is 2. The lowest BCUT2D eigenvalue weighted by Gasteiger charge is -2.22. The first-order valence-corrected chi connectivity index (χ1v) is 11.1. The predicted octanol–water partition coefficient (Wildman–Crippen LogP) is 4.33. The van der Waals surface area contributed by atoms with Gasteiger partial charge in [0.25, 0.3) is 5.78 Å². The van der Waals surface area contributed by atoms with Crippen molar-refractivity contribution in [3.63, 3.8) is 0 Å². The third-order valence-corrected chi connectivity index (χ3v) is 6.63. The van der Waals surface area contributed by atoms with E-state index in [9.17, 15) is 14.7 Å². The predicted molar refractivity (Wildman–Crippen MR) is 128 cm³/mol. The molecule has 1 fully saturated rings. The third kappa shape index (κ3) is 3.46. The number of amides is 1. The third-order valence-electron chi connectivity index (χ3n) is 5.60. The fourth-order valence-electron chi connectivity index (χ4n) is 3.99. The van der Waals surface area contributed by atoms with Gasteiger partial charge in [0.2, 0.25) is 0 Å². The second-order valence-electron chi connectivity index (χ2n) is 7.49. The normalized spacial score (nSPS) is 17.4. The van der Waals surface area contributed by atoms with Gasteiger partial charge in [0.05, 0.1) is 41.6 Å². The van der Waals surface area contributed by atoms with Crippen molar-refractivity contribution in [3.05, 3.63) is 83.7 Å². The van der Waals surface area contributed by atoms with E-state index in [-0.39, 0.29) is 16.9 Å². The van der Waals surface area contributed by atoms with Gasteiger partial charge in [0.15, 0.2) is 5.13 Å². The van der Waals surface area contributed by atoms with E-state index in [1.165, 1.54) is 30.5 Å². The monoisotopic (exact) mass is 473 g/mol. The Morgan fingerprint density at radius 1 is 1.06 bits per heavy atom. The average molecular weight is 474 g/mol. The maximum atomic E-state index is 13.3. The zero-order chi connectivity index (χ0) is 23.8.